The van der Waals surface area contributed by atoms with E-state index in [-0.39, 0.29) is 0 Å². The standard InChI is InChI=1S/C12H18N2/c1-13-12-7-3-6-11(14-12)9-8-10-4-2-5-10/h3,6-7,10H,2,4-5,8-9H2,1H3,(H,13,14). The summed E-state index contributed by atoms with van der Waals surface area (Å²) in [6, 6.07) is 6.21. The lowest BCUT2D eigenvalue weighted by Gasteiger charge is -2.24. The third-order valence-electron chi connectivity index (χ3n) is 3.10. The maximum atomic E-state index is 4.51. The van der Waals surface area contributed by atoms with E-state index in [1.165, 1.54) is 31.4 Å². The Kier molecular flexibility index (Phi) is 3.02. The van der Waals surface area contributed by atoms with Crippen molar-refractivity contribution < 1.29 is 0 Å². The summed E-state index contributed by atoms with van der Waals surface area (Å²) in [5.74, 6) is 1.96. The van der Waals surface area contributed by atoms with E-state index in [9.17, 15) is 0 Å². The first-order valence-electron chi connectivity index (χ1n) is 5.52. The summed E-state index contributed by atoms with van der Waals surface area (Å²) in [4.78, 5) is 4.51. The van der Waals surface area contributed by atoms with Crippen molar-refractivity contribution >= 4 is 5.82 Å². The maximum absolute atomic E-state index is 4.51. The topological polar surface area (TPSA) is 24.9 Å². The van der Waals surface area contributed by atoms with Gasteiger partial charge in [-0.25, -0.2) is 4.98 Å². The molecule has 76 valence electrons. The van der Waals surface area contributed by atoms with Crippen molar-refractivity contribution in [1.29, 1.82) is 0 Å². The Hall–Kier alpha value is -1.05. The summed E-state index contributed by atoms with van der Waals surface area (Å²) in [6.07, 6.45) is 6.77. The number of nitrogens with zero attached hydrogens (tertiary/aromatic N) is 1. The molecule has 14 heavy (non-hydrogen) atoms. The predicted molar refractivity (Wildman–Crippen MR) is 59.4 cm³/mol. The van der Waals surface area contributed by atoms with Crippen LogP contribution >= 0.6 is 0 Å². The van der Waals surface area contributed by atoms with Gasteiger partial charge in [0.15, 0.2) is 0 Å². The van der Waals surface area contributed by atoms with Gasteiger partial charge < -0.3 is 5.32 Å². The predicted octanol–water partition coefficient (Wildman–Crippen LogP) is 2.86. The Morgan fingerprint density at radius 2 is 2.29 bits per heavy atom. The fourth-order valence-electron chi connectivity index (χ4n) is 1.89. The molecule has 0 atom stereocenters. The van der Waals surface area contributed by atoms with E-state index in [0.717, 1.165) is 18.2 Å². The summed E-state index contributed by atoms with van der Waals surface area (Å²) in [7, 11) is 1.91. The molecule has 1 fully saturated rings. The molecule has 1 saturated carbocycles. The van der Waals surface area contributed by atoms with Gasteiger partial charge in [-0.2, -0.15) is 0 Å². The highest BCUT2D eigenvalue weighted by molar-refractivity contribution is 5.34. The first kappa shape index (κ1) is 9.50. The largest absolute Gasteiger partial charge is 0.373 e. The Labute approximate surface area is 85.7 Å². The molecule has 1 heterocycles. The van der Waals surface area contributed by atoms with Gasteiger partial charge in [-0.05, 0) is 30.9 Å². The average Bonchev–Trinajstić information content (AvgIpc) is 2.16. The van der Waals surface area contributed by atoms with Crippen LogP contribution < -0.4 is 5.32 Å². The molecule has 2 heteroatoms. The normalized spacial score (nSPS) is 16.4. The fourth-order valence-corrected chi connectivity index (χ4v) is 1.89. The van der Waals surface area contributed by atoms with E-state index < -0.39 is 0 Å². The van der Waals surface area contributed by atoms with Crippen LogP contribution in [0.15, 0.2) is 18.2 Å². The molecule has 1 aromatic rings. The highest BCUT2D eigenvalue weighted by Gasteiger charge is 2.16. The van der Waals surface area contributed by atoms with Crippen molar-refractivity contribution in [2.75, 3.05) is 12.4 Å². The number of nitrogens with one attached hydrogen (secondary N) is 1. The van der Waals surface area contributed by atoms with Crippen LogP contribution in [-0.2, 0) is 6.42 Å². The van der Waals surface area contributed by atoms with Crippen molar-refractivity contribution in [3.63, 3.8) is 0 Å². The average molecular weight is 190 g/mol. The van der Waals surface area contributed by atoms with E-state index in [2.05, 4.69) is 22.4 Å². The van der Waals surface area contributed by atoms with Crippen molar-refractivity contribution in [2.45, 2.75) is 32.1 Å². The lowest BCUT2D eigenvalue weighted by atomic mass is 9.82. The lowest BCUT2D eigenvalue weighted by Crippen LogP contribution is -2.12. The van der Waals surface area contributed by atoms with E-state index in [1.54, 1.807) is 0 Å². The zero-order chi connectivity index (χ0) is 9.80. The van der Waals surface area contributed by atoms with Crippen molar-refractivity contribution in [3.8, 4) is 0 Å². The van der Waals surface area contributed by atoms with Crippen LogP contribution in [0.1, 0.15) is 31.4 Å². The van der Waals surface area contributed by atoms with Crippen LogP contribution in [0.25, 0.3) is 0 Å². The molecular weight excluding hydrogens is 172 g/mol. The molecular formula is C12H18N2. The Morgan fingerprint density at radius 3 is 2.93 bits per heavy atom. The molecule has 2 nitrogen and oxygen atoms in total. The SMILES string of the molecule is CNc1cccc(CCC2CCC2)n1. The second-order valence-electron chi connectivity index (χ2n) is 4.10. The van der Waals surface area contributed by atoms with Crippen LogP contribution in [0.4, 0.5) is 5.82 Å². The molecule has 1 aliphatic carbocycles. The Bertz CT molecular complexity index is 292. The smallest absolute Gasteiger partial charge is 0.125 e. The number of hydrogen-bond acceptors (Lipinski definition) is 2. The summed E-state index contributed by atoms with van der Waals surface area (Å²) >= 11 is 0. The van der Waals surface area contributed by atoms with Crippen molar-refractivity contribution in [2.24, 2.45) is 5.92 Å². The molecule has 0 radical (unpaired) electrons. The highest BCUT2D eigenvalue weighted by atomic mass is 15.0. The molecule has 2 rings (SSSR count). The van der Waals surface area contributed by atoms with Gasteiger partial charge in [-0.1, -0.05) is 25.3 Å². The van der Waals surface area contributed by atoms with Crippen molar-refractivity contribution in [1.82, 2.24) is 4.98 Å². The lowest BCUT2D eigenvalue weighted by molar-refractivity contribution is 0.295. The van der Waals surface area contributed by atoms with Crippen molar-refractivity contribution in [3.05, 3.63) is 23.9 Å². The van der Waals surface area contributed by atoms with E-state index >= 15 is 0 Å². The van der Waals surface area contributed by atoms with Gasteiger partial charge in [-0.3, -0.25) is 0 Å². The second kappa shape index (κ2) is 4.45. The third-order valence-corrected chi connectivity index (χ3v) is 3.10. The number of aryl methyl sites for hydroxylation is 1. The van der Waals surface area contributed by atoms with Crippen LogP contribution in [0.5, 0.6) is 0 Å². The van der Waals surface area contributed by atoms with E-state index in [0.29, 0.717) is 0 Å². The third kappa shape index (κ3) is 2.25. The number of aromatic nitrogens is 1. The summed E-state index contributed by atoms with van der Waals surface area (Å²) in [5.41, 5.74) is 1.23. The molecule has 1 N–H and O–H groups in total. The Morgan fingerprint density at radius 1 is 1.43 bits per heavy atom. The molecule has 1 aliphatic rings. The van der Waals surface area contributed by atoms with Gasteiger partial charge in [0.2, 0.25) is 0 Å². The molecule has 0 saturated heterocycles. The number of pyridine rings is 1. The summed E-state index contributed by atoms with van der Waals surface area (Å²) in [5, 5.41) is 3.07. The molecule has 0 amide bonds. The van der Waals surface area contributed by atoms with E-state index in [4.69, 9.17) is 0 Å². The zero-order valence-corrected chi connectivity index (χ0v) is 8.79. The molecule has 0 aliphatic heterocycles. The van der Waals surface area contributed by atoms with Gasteiger partial charge in [0.25, 0.3) is 0 Å². The minimum absolute atomic E-state index is 0.982. The zero-order valence-electron chi connectivity index (χ0n) is 8.79. The first-order chi connectivity index (χ1) is 6.88. The fraction of sp³-hybridized carbons (Fsp3) is 0.583. The molecule has 0 spiro atoms. The van der Waals surface area contributed by atoms with Gasteiger partial charge in [-0.15, -0.1) is 0 Å². The maximum Gasteiger partial charge on any atom is 0.125 e. The summed E-state index contributed by atoms with van der Waals surface area (Å²) < 4.78 is 0. The van der Waals surface area contributed by atoms with Gasteiger partial charge >= 0.3 is 0 Å². The molecule has 0 unspecified atom stereocenters. The van der Waals surface area contributed by atoms with Crippen LogP contribution in [0, 0.1) is 5.92 Å². The van der Waals surface area contributed by atoms with Crippen LogP contribution in [0.3, 0.4) is 0 Å². The second-order valence-corrected chi connectivity index (χ2v) is 4.10. The van der Waals surface area contributed by atoms with Crippen LogP contribution in [-0.4, -0.2) is 12.0 Å². The summed E-state index contributed by atoms with van der Waals surface area (Å²) in [6.45, 7) is 0. The molecule has 0 bridgehead atoms. The monoisotopic (exact) mass is 190 g/mol. The van der Waals surface area contributed by atoms with E-state index in [1.807, 2.05) is 13.1 Å². The van der Waals surface area contributed by atoms with Crippen LogP contribution in [0.2, 0.25) is 0 Å². The van der Waals surface area contributed by atoms with Gasteiger partial charge in [0, 0.05) is 12.7 Å². The number of rotatable bonds is 4. The van der Waals surface area contributed by atoms with Gasteiger partial charge in [0.05, 0.1) is 0 Å². The number of hydrogen-bond donors (Lipinski definition) is 1. The minimum Gasteiger partial charge on any atom is -0.373 e. The Balaban J connectivity index is 1.87. The molecule has 1 aromatic heterocycles. The highest BCUT2D eigenvalue weighted by Crippen LogP contribution is 2.30. The molecule has 0 aromatic carbocycles. The quantitative estimate of drug-likeness (QED) is 0.789. The van der Waals surface area contributed by atoms with Gasteiger partial charge in [0.1, 0.15) is 5.82 Å². The number of anilines is 1. The minimum atomic E-state index is 0.982. The first-order valence-corrected chi connectivity index (χ1v) is 5.52.